The van der Waals surface area contributed by atoms with E-state index in [1.165, 1.54) is 0 Å². The first kappa shape index (κ1) is 9.54. The number of hydrogen-bond acceptors (Lipinski definition) is 2. The van der Waals surface area contributed by atoms with Crippen LogP contribution >= 0.6 is 19.5 Å². The number of unbranched alkanes of at least 4 members (excludes halogenated alkanes) is 2. The van der Waals surface area contributed by atoms with E-state index in [9.17, 15) is 4.57 Å². The van der Waals surface area contributed by atoms with Gasteiger partial charge in [0.2, 0.25) is 7.23 Å². The third-order valence-corrected chi connectivity index (χ3v) is 1.81. The van der Waals surface area contributed by atoms with E-state index in [4.69, 9.17) is 4.52 Å². The molecule has 4 heteroatoms. The molecule has 9 heavy (non-hydrogen) atoms. The second-order valence-corrected chi connectivity index (χ2v) is 3.74. The lowest BCUT2D eigenvalue weighted by molar-refractivity contribution is 0.327. The SMILES string of the molecule is CCCCCO[PH](=O)S. The minimum Gasteiger partial charge on any atom is -0.323 e. The predicted molar refractivity (Wildman–Crippen MR) is 43.5 cm³/mol. The van der Waals surface area contributed by atoms with Crippen LogP contribution in [0.2, 0.25) is 0 Å². The Hall–Kier alpha value is 0.540. The largest absolute Gasteiger partial charge is 0.323 e. The minimum atomic E-state index is -1.97. The number of thiol groups is 1. The molecule has 0 aromatic heterocycles. The summed E-state index contributed by atoms with van der Waals surface area (Å²) in [4.78, 5) is 0. The molecule has 1 unspecified atom stereocenters. The zero-order valence-corrected chi connectivity index (χ0v) is 7.49. The van der Waals surface area contributed by atoms with Crippen molar-refractivity contribution in [3.8, 4) is 0 Å². The molecule has 0 fully saturated rings. The van der Waals surface area contributed by atoms with Crippen molar-refractivity contribution in [3.05, 3.63) is 0 Å². The van der Waals surface area contributed by atoms with Crippen molar-refractivity contribution < 1.29 is 9.09 Å². The van der Waals surface area contributed by atoms with Gasteiger partial charge in [-0.15, -0.1) is 0 Å². The van der Waals surface area contributed by atoms with Crippen LogP contribution in [0.25, 0.3) is 0 Å². The molecule has 0 radical (unpaired) electrons. The second-order valence-electron chi connectivity index (χ2n) is 1.82. The number of rotatable bonds is 5. The highest BCUT2D eigenvalue weighted by molar-refractivity contribution is 8.39. The first-order valence-corrected chi connectivity index (χ1v) is 5.73. The topological polar surface area (TPSA) is 26.3 Å². The summed E-state index contributed by atoms with van der Waals surface area (Å²) in [5.41, 5.74) is 0. The normalized spacial score (nSPS) is 13.6. The molecular weight excluding hydrogens is 155 g/mol. The molecule has 2 nitrogen and oxygen atoms in total. The Labute approximate surface area is 62.0 Å². The lowest BCUT2D eigenvalue weighted by Gasteiger charge is -1.96. The van der Waals surface area contributed by atoms with Crippen LogP contribution in [0.15, 0.2) is 0 Å². The zero-order valence-electron chi connectivity index (χ0n) is 5.59. The van der Waals surface area contributed by atoms with E-state index in [0.717, 1.165) is 19.3 Å². The molecule has 56 valence electrons. The van der Waals surface area contributed by atoms with Gasteiger partial charge >= 0.3 is 0 Å². The molecule has 0 saturated heterocycles. The van der Waals surface area contributed by atoms with Crippen molar-refractivity contribution in [2.45, 2.75) is 26.2 Å². The summed E-state index contributed by atoms with van der Waals surface area (Å²) in [6.07, 6.45) is 3.30. The fraction of sp³-hybridized carbons (Fsp3) is 1.00. The molecule has 0 bridgehead atoms. The highest BCUT2D eigenvalue weighted by atomic mass is 32.7. The summed E-state index contributed by atoms with van der Waals surface area (Å²) in [7, 11) is -1.97. The van der Waals surface area contributed by atoms with Gasteiger partial charge in [-0.2, -0.15) is 0 Å². The summed E-state index contributed by atoms with van der Waals surface area (Å²) in [6, 6.07) is 0. The van der Waals surface area contributed by atoms with Crippen LogP contribution in [0.5, 0.6) is 0 Å². The van der Waals surface area contributed by atoms with Crippen LogP contribution in [-0.2, 0) is 9.09 Å². The third-order valence-electron chi connectivity index (χ3n) is 0.973. The highest BCUT2D eigenvalue weighted by Gasteiger charge is 1.89. The minimum absolute atomic E-state index is 0.592. The molecule has 0 amide bonds. The molecule has 0 spiro atoms. The van der Waals surface area contributed by atoms with Gasteiger partial charge in [0, 0.05) is 0 Å². The second kappa shape index (κ2) is 6.66. The first-order chi connectivity index (χ1) is 4.27. The fourth-order valence-electron chi connectivity index (χ4n) is 0.512. The average Bonchev–Trinajstić information content (AvgIpc) is 1.80. The van der Waals surface area contributed by atoms with E-state index in [-0.39, 0.29) is 0 Å². The fourth-order valence-corrected chi connectivity index (χ4v) is 1.10. The van der Waals surface area contributed by atoms with Crippen LogP contribution in [0.1, 0.15) is 26.2 Å². The van der Waals surface area contributed by atoms with Crippen LogP contribution in [0, 0.1) is 0 Å². The Kier molecular flexibility index (Phi) is 7.06. The van der Waals surface area contributed by atoms with Crippen molar-refractivity contribution in [1.29, 1.82) is 0 Å². The first-order valence-electron chi connectivity index (χ1n) is 3.13. The molecule has 0 heterocycles. The highest BCUT2D eigenvalue weighted by Crippen LogP contribution is 2.26. The van der Waals surface area contributed by atoms with Gasteiger partial charge in [0.05, 0.1) is 6.61 Å². The van der Waals surface area contributed by atoms with Crippen molar-refractivity contribution in [2.24, 2.45) is 0 Å². The smallest absolute Gasteiger partial charge is 0.243 e. The lowest BCUT2D eigenvalue weighted by atomic mass is 10.3. The van der Waals surface area contributed by atoms with Crippen LogP contribution in [0.4, 0.5) is 0 Å². The van der Waals surface area contributed by atoms with Crippen molar-refractivity contribution in [2.75, 3.05) is 6.61 Å². The van der Waals surface area contributed by atoms with Crippen molar-refractivity contribution in [3.63, 3.8) is 0 Å². The van der Waals surface area contributed by atoms with Crippen LogP contribution in [-0.4, -0.2) is 6.61 Å². The van der Waals surface area contributed by atoms with E-state index in [0.29, 0.717) is 6.61 Å². The molecule has 0 rings (SSSR count). The zero-order chi connectivity index (χ0) is 7.11. The van der Waals surface area contributed by atoms with Crippen molar-refractivity contribution in [1.82, 2.24) is 0 Å². The summed E-state index contributed by atoms with van der Waals surface area (Å²) >= 11 is 3.62. The molecule has 0 aliphatic carbocycles. The molecule has 0 aromatic rings. The monoisotopic (exact) mass is 168 g/mol. The Balaban J connectivity index is 2.83. The Bertz CT molecular complexity index is 87.0. The van der Waals surface area contributed by atoms with Gasteiger partial charge in [-0.1, -0.05) is 32.0 Å². The van der Waals surface area contributed by atoms with Gasteiger partial charge in [-0.25, -0.2) is 0 Å². The van der Waals surface area contributed by atoms with Crippen LogP contribution < -0.4 is 0 Å². The van der Waals surface area contributed by atoms with Gasteiger partial charge < -0.3 is 4.52 Å². The van der Waals surface area contributed by atoms with Gasteiger partial charge in [-0.05, 0) is 6.42 Å². The Morgan fingerprint density at radius 1 is 1.56 bits per heavy atom. The summed E-state index contributed by atoms with van der Waals surface area (Å²) in [5.74, 6) is 0. The maximum Gasteiger partial charge on any atom is 0.243 e. The quantitative estimate of drug-likeness (QED) is 0.388. The summed E-state index contributed by atoms with van der Waals surface area (Å²) < 4.78 is 15.0. The van der Waals surface area contributed by atoms with E-state index >= 15 is 0 Å². The number of hydrogen-bond donors (Lipinski definition) is 1. The van der Waals surface area contributed by atoms with Gasteiger partial charge in [-0.3, -0.25) is 4.57 Å². The van der Waals surface area contributed by atoms with E-state index in [1.54, 1.807) is 0 Å². The van der Waals surface area contributed by atoms with E-state index in [2.05, 4.69) is 19.2 Å². The predicted octanol–water partition coefficient (Wildman–Crippen LogP) is 2.51. The molecular formula is C5H13O2PS. The maximum atomic E-state index is 10.2. The molecule has 0 aromatic carbocycles. The molecule has 0 N–H and O–H groups in total. The average molecular weight is 168 g/mol. The van der Waals surface area contributed by atoms with Crippen LogP contribution in [0.3, 0.4) is 0 Å². The van der Waals surface area contributed by atoms with Gasteiger partial charge in [0.15, 0.2) is 0 Å². The van der Waals surface area contributed by atoms with Crippen molar-refractivity contribution >= 4 is 19.5 Å². The Morgan fingerprint density at radius 3 is 2.67 bits per heavy atom. The van der Waals surface area contributed by atoms with E-state index in [1.807, 2.05) is 0 Å². The standard InChI is InChI=1S/C5H13O2PS/c1-2-3-4-5-7-8(6)9/h8H,2-5H2,1H3,(H,6,9). The lowest BCUT2D eigenvalue weighted by Crippen LogP contribution is -1.83. The molecule has 0 aliphatic heterocycles. The Morgan fingerprint density at radius 2 is 2.22 bits per heavy atom. The summed E-state index contributed by atoms with van der Waals surface area (Å²) in [6.45, 7) is 2.71. The molecule has 0 saturated carbocycles. The molecule has 1 atom stereocenters. The van der Waals surface area contributed by atoms with E-state index < -0.39 is 7.23 Å². The third kappa shape index (κ3) is 8.54. The maximum absolute atomic E-state index is 10.2. The molecule has 0 aliphatic rings. The van der Waals surface area contributed by atoms with Gasteiger partial charge in [0.25, 0.3) is 0 Å². The summed E-state index contributed by atoms with van der Waals surface area (Å²) in [5, 5.41) is 0. The van der Waals surface area contributed by atoms with Gasteiger partial charge in [0.1, 0.15) is 0 Å².